The monoisotopic (exact) mass is 452 g/mol. The summed E-state index contributed by atoms with van der Waals surface area (Å²) in [5.74, 6) is 0.627. The van der Waals surface area contributed by atoms with Crippen molar-refractivity contribution >= 4 is 39.8 Å². The van der Waals surface area contributed by atoms with Crippen LogP contribution in [0.3, 0.4) is 0 Å². The first-order chi connectivity index (χ1) is 15.0. The van der Waals surface area contributed by atoms with Gasteiger partial charge < -0.3 is 15.4 Å². The molecule has 0 radical (unpaired) electrons. The highest BCUT2D eigenvalue weighted by Crippen LogP contribution is 2.42. The minimum absolute atomic E-state index is 0.0240. The number of esters is 1. The van der Waals surface area contributed by atoms with Gasteiger partial charge >= 0.3 is 5.97 Å². The summed E-state index contributed by atoms with van der Waals surface area (Å²) in [7, 11) is 0. The number of nitrogens with one attached hydrogen (secondary N) is 2. The summed E-state index contributed by atoms with van der Waals surface area (Å²) in [6.07, 6.45) is 2.82. The molecule has 0 unspecified atom stereocenters. The fourth-order valence-electron chi connectivity index (χ4n) is 4.11. The van der Waals surface area contributed by atoms with E-state index in [-0.39, 0.29) is 12.1 Å². The topological polar surface area (TPSA) is 67.4 Å². The molecule has 1 amide bonds. The van der Waals surface area contributed by atoms with Crippen LogP contribution in [0.15, 0.2) is 48.5 Å². The zero-order valence-corrected chi connectivity index (χ0v) is 18.5. The van der Waals surface area contributed by atoms with Crippen LogP contribution in [-0.2, 0) is 12.8 Å². The lowest BCUT2D eigenvalue weighted by molar-refractivity contribution is 0.0734. The fourth-order valence-corrected chi connectivity index (χ4v) is 5.67. The average molecular weight is 453 g/mol. The number of fused-ring (bicyclic) bond motifs is 3. The van der Waals surface area contributed by atoms with Crippen LogP contribution in [0.1, 0.15) is 56.2 Å². The molecule has 31 heavy (non-hydrogen) atoms. The second kappa shape index (κ2) is 8.02. The maximum absolute atomic E-state index is 12.9. The van der Waals surface area contributed by atoms with Gasteiger partial charge in [-0.3, -0.25) is 4.79 Å². The van der Waals surface area contributed by atoms with Gasteiger partial charge in [0.15, 0.2) is 0 Å². The molecule has 2 N–H and O–H groups in total. The van der Waals surface area contributed by atoms with Gasteiger partial charge in [-0.15, -0.1) is 11.3 Å². The maximum atomic E-state index is 12.9. The summed E-state index contributed by atoms with van der Waals surface area (Å²) in [6, 6.07) is 13.7. The summed E-state index contributed by atoms with van der Waals surface area (Å²) in [6.45, 7) is 2.26. The lowest BCUT2D eigenvalue weighted by Crippen LogP contribution is -2.38. The van der Waals surface area contributed by atoms with Crippen molar-refractivity contribution < 1.29 is 14.3 Å². The summed E-state index contributed by atoms with van der Waals surface area (Å²) in [4.78, 5) is 26.5. The van der Waals surface area contributed by atoms with Crippen LogP contribution in [0.2, 0.25) is 5.02 Å². The van der Waals surface area contributed by atoms with E-state index >= 15 is 0 Å². The molecule has 0 fully saturated rings. The number of hydrogen-bond donors (Lipinski definition) is 2. The molecule has 2 atom stereocenters. The van der Waals surface area contributed by atoms with E-state index in [4.69, 9.17) is 16.3 Å². The minimum atomic E-state index is -0.448. The number of anilines is 1. The van der Waals surface area contributed by atoms with Gasteiger partial charge in [0.1, 0.15) is 16.9 Å². The van der Waals surface area contributed by atoms with Crippen molar-refractivity contribution in [3.05, 3.63) is 80.7 Å². The lowest BCUT2D eigenvalue weighted by Gasteiger charge is -2.27. The van der Waals surface area contributed by atoms with Gasteiger partial charge in [0, 0.05) is 9.90 Å². The van der Waals surface area contributed by atoms with Crippen molar-refractivity contribution in [2.45, 2.75) is 32.4 Å². The number of ether oxygens (including phenoxy) is 1. The van der Waals surface area contributed by atoms with Crippen molar-refractivity contribution in [1.29, 1.82) is 0 Å². The second-order valence-corrected chi connectivity index (χ2v) is 9.61. The molecule has 7 heteroatoms. The third-order valence-corrected chi connectivity index (χ3v) is 7.23. The quantitative estimate of drug-likeness (QED) is 0.401. The number of halogens is 1. The molecular weight excluding hydrogens is 432 g/mol. The molecule has 2 aromatic carbocycles. The van der Waals surface area contributed by atoms with E-state index in [9.17, 15) is 9.59 Å². The van der Waals surface area contributed by atoms with Gasteiger partial charge in [0.2, 0.25) is 0 Å². The van der Waals surface area contributed by atoms with Gasteiger partial charge in [0.05, 0.1) is 11.1 Å². The van der Waals surface area contributed by atoms with E-state index in [2.05, 4.69) is 17.6 Å². The highest BCUT2D eigenvalue weighted by Gasteiger charge is 2.33. The molecule has 1 aromatic heterocycles. The zero-order valence-electron chi connectivity index (χ0n) is 16.9. The standard InChI is InChI=1S/C24H21ClN2O3S/c1-13-2-11-18-19(12-13)31-23-20(18)22(28)26-21(27-23)14-5-9-17(10-6-14)30-24(29)15-3-7-16(25)8-4-15/h3-10,13,21,27H,2,11-12H2,1H3,(H,26,28)/t13-,21-/m0/s1. The van der Waals surface area contributed by atoms with E-state index in [1.54, 1.807) is 47.7 Å². The molecule has 0 saturated carbocycles. The zero-order chi connectivity index (χ0) is 21.5. The van der Waals surface area contributed by atoms with Crippen LogP contribution in [0.5, 0.6) is 5.75 Å². The van der Waals surface area contributed by atoms with E-state index in [0.717, 1.165) is 35.4 Å². The number of hydrogen-bond acceptors (Lipinski definition) is 5. The molecule has 0 spiro atoms. The normalized spacial score (nSPS) is 19.6. The number of benzene rings is 2. The van der Waals surface area contributed by atoms with Gasteiger partial charge in [-0.05, 0) is 72.7 Å². The molecular formula is C24H21ClN2O3S. The van der Waals surface area contributed by atoms with E-state index in [1.165, 1.54) is 10.4 Å². The smallest absolute Gasteiger partial charge is 0.343 e. The highest BCUT2D eigenvalue weighted by molar-refractivity contribution is 7.16. The Bertz CT molecular complexity index is 1150. The summed E-state index contributed by atoms with van der Waals surface area (Å²) < 4.78 is 5.44. The molecule has 158 valence electrons. The Hall–Kier alpha value is -2.83. The second-order valence-electron chi connectivity index (χ2n) is 8.07. The Morgan fingerprint density at radius 3 is 2.58 bits per heavy atom. The van der Waals surface area contributed by atoms with Crippen molar-refractivity contribution in [2.75, 3.05) is 5.32 Å². The van der Waals surface area contributed by atoms with Gasteiger partial charge in [-0.25, -0.2) is 4.79 Å². The van der Waals surface area contributed by atoms with Crippen LogP contribution < -0.4 is 15.4 Å². The SMILES string of the molecule is C[C@H]1CCc2c(sc3c2C(=O)N[C@H](c2ccc(OC(=O)c4ccc(Cl)cc4)cc2)N3)C1. The van der Waals surface area contributed by atoms with E-state index in [1.807, 2.05) is 12.1 Å². The summed E-state index contributed by atoms with van der Waals surface area (Å²) >= 11 is 7.56. The van der Waals surface area contributed by atoms with Gasteiger partial charge in [-0.2, -0.15) is 0 Å². The number of thiophene rings is 1. The van der Waals surface area contributed by atoms with Crippen LogP contribution in [0, 0.1) is 5.92 Å². The lowest BCUT2D eigenvalue weighted by atomic mass is 9.88. The van der Waals surface area contributed by atoms with Crippen LogP contribution >= 0.6 is 22.9 Å². The predicted octanol–water partition coefficient (Wildman–Crippen LogP) is 5.60. The number of rotatable bonds is 3. The highest BCUT2D eigenvalue weighted by atomic mass is 35.5. The number of amides is 1. The molecule has 1 aliphatic carbocycles. The Morgan fingerprint density at radius 1 is 1.10 bits per heavy atom. The first kappa shape index (κ1) is 20.1. The molecule has 2 heterocycles. The Kier molecular flexibility index (Phi) is 5.20. The third-order valence-electron chi connectivity index (χ3n) is 5.79. The van der Waals surface area contributed by atoms with Gasteiger partial charge in [0.25, 0.3) is 5.91 Å². The molecule has 0 saturated heterocycles. The third kappa shape index (κ3) is 3.93. The van der Waals surface area contributed by atoms with Crippen molar-refractivity contribution in [3.63, 3.8) is 0 Å². The Labute approximate surface area is 189 Å². The molecule has 0 bridgehead atoms. The van der Waals surface area contributed by atoms with E-state index < -0.39 is 5.97 Å². The fraction of sp³-hybridized carbons (Fsp3) is 0.250. The Balaban J connectivity index is 1.31. The largest absolute Gasteiger partial charge is 0.423 e. The molecule has 1 aliphatic heterocycles. The summed E-state index contributed by atoms with van der Waals surface area (Å²) in [5.41, 5.74) is 3.35. The molecule has 5 nitrogen and oxygen atoms in total. The Morgan fingerprint density at radius 2 is 1.84 bits per heavy atom. The van der Waals surface area contributed by atoms with Crippen molar-refractivity contribution in [1.82, 2.24) is 5.32 Å². The number of carbonyl (C=O) groups is 2. The van der Waals surface area contributed by atoms with Crippen LogP contribution in [0.4, 0.5) is 5.00 Å². The molecule has 3 aromatic rings. The predicted molar refractivity (Wildman–Crippen MR) is 122 cm³/mol. The van der Waals surface area contributed by atoms with Crippen molar-refractivity contribution in [3.8, 4) is 5.75 Å². The van der Waals surface area contributed by atoms with Crippen LogP contribution in [-0.4, -0.2) is 11.9 Å². The van der Waals surface area contributed by atoms with Gasteiger partial charge in [-0.1, -0.05) is 30.7 Å². The number of carbonyl (C=O) groups excluding carboxylic acids is 2. The first-order valence-electron chi connectivity index (χ1n) is 10.3. The minimum Gasteiger partial charge on any atom is -0.423 e. The maximum Gasteiger partial charge on any atom is 0.343 e. The van der Waals surface area contributed by atoms with Crippen LogP contribution in [0.25, 0.3) is 0 Å². The van der Waals surface area contributed by atoms with E-state index in [0.29, 0.717) is 22.3 Å². The summed E-state index contributed by atoms with van der Waals surface area (Å²) in [5, 5.41) is 8.05. The first-order valence-corrected chi connectivity index (χ1v) is 11.5. The average Bonchev–Trinajstić information content (AvgIpc) is 3.12. The molecule has 2 aliphatic rings. The molecule has 5 rings (SSSR count). The van der Waals surface area contributed by atoms with Crippen molar-refractivity contribution in [2.24, 2.45) is 5.92 Å².